The van der Waals surface area contributed by atoms with Gasteiger partial charge in [-0.05, 0) is 0 Å². The van der Waals surface area contributed by atoms with Crippen LogP contribution < -0.4 is 0 Å². The Morgan fingerprint density at radius 1 is 1.80 bits per heavy atom. The maximum absolute atomic E-state index is 8.95. The lowest BCUT2D eigenvalue weighted by molar-refractivity contribution is -0.126. The average Bonchev–Trinajstić information content (AvgIpc) is 1.37. The molecule has 0 aliphatic rings. The summed E-state index contributed by atoms with van der Waals surface area (Å²) in [5.74, 6) is 0. The van der Waals surface area contributed by atoms with Crippen molar-refractivity contribution < 1.29 is 14.2 Å². The molecule has 0 aliphatic carbocycles. The van der Waals surface area contributed by atoms with E-state index < -0.39 is 0 Å². The molecule has 0 N–H and O–H groups in total. The Hall–Kier alpha value is -0.600. The minimum atomic E-state index is 0. The van der Waals surface area contributed by atoms with Crippen LogP contribution in [-0.2, 0) is 9.53 Å². The van der Waals surface area contributed by atoms with Gasteiger partial charge in [-0.3, -0.25) is 9.50 Å². The number of halogens is 1. The zero-order valence-corrected chi connectivity index (χ0v) is 2.80. The molecule has 0 rings (SSSR count). The van der Waals surface area contributed by atoms with E-state index in [-0.39, 0.29) is 4.70 Å². The minimum absolute atomic E-state index is 0. The van der Waals surface area contributed by atoms with Crippen LogP contribution in [0.25, 0.3) is 0 Å². The second-order valence-electron chi connectivity index (χ2n) is 0.332. The normalized spacial score (nSPS) is 4.20. The Balaban J connectivity index is 0. The third-order valence-corrected chi connectivity index (χ3v) is 0.0962. The Morgan fingerprint density at radius 3 is 2.00 bits per heavy atom. The summed E-state index contributed by atoms with van der Waals surface area (Å²) in [7, 11) is 1.31. The van der Waals surface area contributed by atoms with Crippen LogP contribution in [0.3, 0.4) is 0 Å². The van der Waals surface area contributed by atoms with Crippen molar-refractivity contribution in [2.24, 2.45) is 0 Å². The molecule has 5 heavy (non-hydrogen) atoms. The van der Waals surface area contributed by atoms with Gasteiger partial charge in [0.25, 0.3) is 6.47 Å². The van der Waals surface area contributed by atoms with Crippen LogP contribution in [0.2, 0.25) is 0 Å². The van der Waals surface area contributed by atoms with E-state index in [9.17, 15) is 0 Å². The molecule has 0 unspecified atom stereocenters. The topological polar surface area (TPSA) is 26.3 Å². The van der Waals surface area contributed by atoms with Crippen molar-refractivity contribution in [2.45, 2.75) is 0 Å². The number of ether oxygens (including phenoxy) is 1. The zero-order chi connectivity index (χ0) is 3.41. The molecule has 32 valence electrons. The molecule has 0 fully saturated rings. The highest BCUT2D eigenvalue weighted by atomic mass is 19.0. The van der Waals surface area contributed by atoms with E-state index in [1.165, 1.54) is 7.11 Å². The van der Waals surface area contributed by atoms with E-state index in [2.05, 4.69) is 4.74 Å². The highest BCUT2D eigenvalue weighted by Gasteiger charge is 1.44. The summed E-state index contributed by atoms with van der Waals surface area (Å²) in [5, 5.41) is 0. The second kappa shape index (κ2) is 9.99. The average molecular weight is 80.1 g/mol. The van der Waals surface area contributed by atoms with E-state index in [1.54, 1.807) is 0 Å². The summed E-state index contributed by atoms with van der Waals surface area (Å²) in [4.78, 5) is 8.95. The van der Waals surface area contributed by atoms with Gasteiger partial charge in [-0.15, -0.1) is 0 Å². The second-order valence-corrected chi connectivity index (χ2v) is 0.332. The third-order valence-electron chi connectivity index (χ3n) is 0.0962. The number of methoxy groups -OCH3 is 1. The molecule has 0 radical (unpaired) electrons. The fraction of sp³-hybridized carbons (Fsp3) is 0.500. The van der Waals surface area contributed by atoms with Crippen LogP contribution in [0.15, 0.2) is 0 Å². The van der Waals surface area contributed by atoms with Gasteiger partial charge in [-0.25, -0.2) is 0 Å². The van der Waals surface area contributed by atoms with Gasteiger partial charge in [-0.1, -0.05) is 0 Å². The van der Waals surface area contributed by atoms with Crippen LogP contribution in [0.5, 0.6) is 0 Å². The van der Waals surface area contributed by atoms with Crippen LogP contribution in [0.4, 0.5) is 4.70 Å². The summed E-state index contributed by atoms with van der Waals surface area (Å²) in [6.45, 7) is 0.375. The fourth-order valence-electron chi connectivity index (χ4n) is 0. The van der Waals surface area contributed by atoms with Crippen LogP contribution in [0.1, 0.15) is 0 Å². The van der Waals surface area contributed by atoms with Gasteiger partial charge in [0.05, 0.1) is 7.11 Å². The zero-order valence-electron chi connectivity index (χ0n) is 2.80. The lowest BCUT2D eigenvalue weighted by Gasteiger charge is -1.67. The van der Waals surface area contributed by atoms with Crippen molar-refractivity contribution in [2.75, 3.05) is 7.11 Å². The summed E-state index contributed by atoms with van der Waals surface area (Å²) in [5.41, 5.74) is 0. The van der Waals surface area contributed by atoms with Gasteiger partial charge in [-0.2, -0.15) is 0 Å². The van der Waals surface area contributed by atoms with Gasteiger partial charge >= 0.3 is 0 Å². The number of hydrogen-bond donors (Lipinski definition) is 0. The third kappa shape index (κ3) is 41.7. The van der Waals surface area contributed by atoms with Gasteiger partial charge in [0, 0.05) is 0 Å². The van der Waals surface area contributed by atoms with Gasteiger partial charge in [0.15, 0.2) is 0 Å². The first-order chi connectivity index (χ1) is 1.91. The largest absolute Gasteiger partial charge is 0.471 e. The Bertz CT molecular complexity index is 21.6. The van der Waals surface area contributed by atoms with E-state index in [0.717, 1.165) is 0 Å². The van der Waals surface area contributed by atoms with E-state index in [1.807, 2.05) is 0 Å². The molecule has 3 heteroatoms. The van der Waals surface area contributed by atoms with Gasteiger partial charge in [0.1, 0.15) is 0 Å². The van der Waals surface area contributed by atoms with Crippen molar-refractivity contribution in [1.82, 2.24) is 0 Å². The molecule has 0 aromatic rings. The molecule has 0 aromatic carbocycles. The molecule has 0 heterocycles. The van der Waals surface area contributed by atoms with E-state index in [0.29, 0.717) is 6.47 Å². The summed E-state index contributed by atoms with van der Waals surface area (Å²) < 4.78 is 3.86. The maximum atomic E-state index is 8.95. The minimum Gasteiger partial charge on any atom is -0.471 e. The SMILES string of the molecule is COC=O.F. The molecule has 0 atom stereocenters. The molecule has 0 aliphatic heterocycles. The van der Waals surface area contributed by atoms with Crippen molar-refractivity contribution in [3.63, 3.8) is 0 Å². The van der Waals surface area contributed by atoms with Gasteiger partial charge < -0.3 is 4.74 Å². The fourth-order valence-corrected chi connectivity index (χ4v) is 0. The van der Waals surface area contributed by atoms with Gasteiger partial charge in [0.2, 0.25) is 0 Å². The first-order valence-corrected chi connectivity index (χ1v) is 0.880. The molecular formula is C2H5FO2. The van der Waals surface area contributed by atoms with Crippen molar-refractivity contribution in [3.05, 3.63) is 0 Å². The molecule has 0 aromatic heterocycles. The maximum Gasteiger partial charge on any atom is 0.292 e. The number of hydrogen-bond acceptors (Lipinski definition) is 2. The van der Waals surface area contributed by atoms with Crippen molar-refractivity contribution in [1.29, 1.82) is 0 Å². The molecule has 0 spiro atoms. The molecule has 0 saturated carbocycles. The first kappa shape index (κ1) is 8.83. The molecule has 0 bridgehead atoms. The number of carbonyl (C=O) groups excluding carboxylic acids is 1. The molecule has 0 amide bonds. The van der Waals surface area contributed by atoms with Crippen molar-refractivity contribution >= 4 is 6.47 Å². The Kier molecular flexibility index (Phi) is 17.6. The standard InChI is InChI=1S/C2H4O2.FH/c1-4-2-3;/h2H,1H3;1H. The number of rotatable bonds is 1. The first-order valence-electron chi connectivity index (χ1n) is 0.880. The summed E-state index contributed by atoms with van der Waals surface area (Å²) >= 11 is 0. The lowest BCUT2D eigenvalue weighted by Crippen LogP contribution is -1.68. The Labute approximate surface area is 29.1 Å². The monoisotopic (exact) mass is 80.0 g/mol. The summed E-state index contributed by atoms with van der Waals surface area (Å²) in [6.07, 6.45) is 0. The Morgan fingerprint density at radius 2 is 2.00 bits per heavy atom. The summed E-state index contributed by atoms with van der Waals surface area (Å²) in [6, 6.07) is 0. The van der Waals surface area contributed by atoms with E-state index >= 15 is 0 Å². The quantitative estimate of drug-likeness (QED) is 0.412. The number of carbonyl (C=O) groups is 1. The highest BCUT2D eigenvalue weighted by molar-refractivity contribution is 5.36. The molecular weight excluding hydrogens is 75.0 g/mol. The highest BCUT2D eigenvalue weighted by Crippen LogP contribution is 1.35. The van der Waals surface area contributed by atoms with E-state index in [4.69, 9.17) is 4.79 Å². The smallest absolute Gasteiger partial charge is 0.292 e. The molecule has 0 saturated heterocycles. The van der Waals surface area contributed by atoms with Crippen LogP contribution in [-0.4, -0.2) is 13.6 Å². The lowest BCUT2D eigenvalue weighted by atomic mass is 11.5. The predicted octanol–water partition coefficient (Wildman–Crippen LogP) is -0.0583. The van der Waals surface area contributed by atoms with Crippen LogP contribution in [0, 0.1) is 0 Å². The predicted molar refractivity (Wildman–Crippen MR) is 15.6 cm³/mol. The van der Waals surface area contributed by atoms with Crippen LogP contribution >= 0.6 is 0 Å². The molecule has 2 nitrogen and oxygen atoms in total. The van der Waals surface area contributed by atoms with Crippen molar-refractivity contribution in [3.8, 4) is 0 Å².